The summed E-state index contributed by atoms with van der Waals surface area (Å²) in [4.78, 5) is 72.3. The Hall–Kier alpha value is -1.94. The van der Waals surface area contributed by atoms with Crippen molar-refractivity contribution in [3.8, 4) is 0 Å². The monoisotopic (exact) mass is 1300 g/mol. The maximum Gasteiger partial charge on any atom is 0.472 e. The smallest absolute Gasteiger partial charge is 0.462 e. The first kappa shape index (κ1) is 86.1. The Balaban J connectivity index is 5.17. The van der Waals surface area contributed by atoms with E-state index in [-0.39, 0.29) is 25.7 Å². The van der Waals surface area contributed by atoms with Crippen LogP contribution in [0.4, 0.5) is 0 Å². The highest BCUT2D eigenvalue weighted by molar-refractivity contribution is 7.47. The van der Waals surface area contributed by atoms with E-state index in [1.165, 1.54) is 161 Å². The zero-order valence-corrected chi connectivity index (χ0v) is 58.8. The largest absolute Gasteiger partial charge is 0.472 e. The molecule has 3 N–H and O–H groups in total. The third-order valence-corrected chi connectivity index (χ3v) is 17.9. The molecule has 5 atom stereocenters. The predicted octanol–water partition coefficient (Wildman–Crippen LogP) is 19.6. The Morgan fingerprint density at radius 3 is 0.773 bits per heavy atom. The van der Waals surface area contributed by atoms with Crippen LogP contribution in [0.25, 0.3) is 0 Å². The van der Waals surface area contributed by atoms with Crippen LogP contribution in [-0.4, -0.2) is 96.7 Å². The molecule has 17 nitrogen and oxygen atoms in total. The SMILES string of the molecule is CCCCCCCCCCCCCC(=O)OC[C@H](COP(=O)(O)OC[C@@H](O)COP(=O)(O)OC[C@@H](COC(=O)CCCCCCCCCC)OC(=O)CCCCCCCCCC(C)C)OC(=O)CCCCCCCCCCCCCCCCCCC(C)C. The van der Waals surface area contributed by atoms with Gasteiger partial charge in [0.1, 0.15) is 19.3 Å². The highest BCUT2D eigenvalue weighted by atomic mass is 31.2. The molecule has 88 heavy (non-hydrogen) atoms. The molecule has 0 heterocycles. The number of aliphatic hydroxyl groups excluding tert-OH is 1. The van der Waals surface area contributed by atoms with E-state index >= 15 is 0 Å². The summed E-state index contributed by atoms with van der Waals surface area (Å²) in [6.07, 6.45) is 46.0. The molecule has 0 bridgehead atoms. The van der Waals surface area contributed by atoms with Gasteiger partial charge in [0, 0.05) is 25.7 Å². The van der Waals surface area contributed by atoms with E-state index in [0.717, 1.165) is 102 Å². The van der Waals surface area contributed by atoms with Crippen molar-refractivity contribution in [3.05, 3.63) is 0 Å². The summed E-state index contributed by atoms with van der Waals surface area (Å²) in [5.74, 6) is -0.625. The fourth-order valence-electron chi connectivity index (χ4n) is 10.4. The Kier molecular flexibility index (Phi) is 59.9. The molecular weight excluding hydrogens is 1160 g/mol. The van der Waals surface area contributed by atoms with E-state index < -0.39 is 97.5 Å². The van der Waals surface area contributed by atoms with Crippen LogP contribution >= 0.6 is 15.6 Å². The van der Waals surface area contributed by atoms with Crippen molar-refractivity contribution in [1.82, 2.24) is 0 Å². The van der Waals surface area contributed by atoms with E-state index in [9.17, 15) is 43.2 Å². The van der Waals surface area contributed by atoms with Crippen LogP contribution in [0.15, 0.2) is 0 Å². The van der Waals surface area contributed by atoms with Crippen molar-refractivity contribution in [2.24, 2.45) is 11.8 Å². The lowest BCUT2D eigenvalue weighted by Crippen LogP contribution is -2.30. The zero-order valence-electron chi connectivity index (χ0n) is 57.0. The first-order valence-electron chi connectivity index (χ1n) is 36.0. The second-order valence-corrected chi connectivity index (χ2v) is 28.8. The molecule has 0 saturated carbocycles. The fraction of sp³-hybridized carbons (Fsp3) is 0.942. The van der Waals surface area contributed by atoms with Crippen LogP contribution in [0.3, 0.4) is 0 Å². The number of phosphoric ester groups is 2. The van der Waals surface area contributed by atoms with E-state index in [4.69, 9.17) is 37.0 Å². The Labute approximate surface area is 537 Å². The highest BCUT2D eigenvalue weighted by Gasteiger charge is 2.30. The molecular formula is C69H134O17P2. The number of ether oxygens (including phenoxy) is 4. The summed E-state index contributed by atoms with van der Waals surface area (Å²) in [5.41, 5.74) is 0. The number of carbonyl (C=O) groups is 4. The van der Waals surface area contributed by atoms with Crippen LogP contribution in [0.1, 0.15) is 350 Å². The molecule has 0 aromatic heterocycles. The van der Waals surface area contributed by atoms with Crippen molar-refractivity contribution in [2.45, 2.75) is 368 Å². The Morgan fingerprint density at radius 2 is 0.523 bits per heavy atom. The van der Waals surface area contributed by atoms with Gasteiger partial charge < -0.3 is 33.8 Å². The lowest BCUT2D eigenvalue weighted by Gasteiger charge is -2.21. The average Bonchev–Trinajstić information content (AvgIpc) is 3.55. The van der Waals surface area contributed by atoms with Crippen molar-refractivity contribution >= 4 is 39.5 Å². The average molecular weight is 1300 g/mol. The molecule has 0 radical (unpaired) electrons. The summed E-state index contributed by atoms with van der Waals surface area (Å²) >= 11 is 0. The van der Waals surface area contributed by atoms with Gasteiger partial charge >= 0.3 is 39.5 Å². The molecule has 522 valence electrons. The van der Waals surface area contributed by atoms with Crippen molar-refractivity contribution in [2.75, 3.05) is 39.6 Å². The minimum Gasteiger partial charge on any atom is -0.462 e. The molecule has 0 aromatic carbocycles. The van der Waals surface area contributed by atoms with E-state index in [1.807, 2.05) is 0 Å². The zero-order chi connectivity index (χ0) is 65.0. The molecule has 0 spiro atoms. The Morgan fingerprint density at radius 1 is 0.307 bits per heavy atom. The fourth-order valence-corrected chi connectivity index (χ4v) is 12.0. The normalized spacial score (nSPS) is 14.2. The number of hydrogen-bond acceptors (Lipinski definition) is 15. The van der Waals surface area contributed by atoms with Crippen molar-refractivity contribution in [1.29, 1.82) is 0 Å². The first-order chi connectivity index (χ1) is 42.4. The number of carbonyl (C=O) groups excluding carboxylic acids is 4. The third kappa shape index (κ3) is 62.8. The van der Waals surface area contributed by atoms with E-state index in [2.05, 4.69) is 41.5 Å². The van der Waals surface area contributed by atoms with E-state index in [1.54, 1.807) is 0 Å². The van der Waals surface area contributed by atoms with Gasteiger partial charge in [-0.15, -0.1) is 0 Å². The van der Waals surface area contributed by atoms with Crippen LogP contribution in [0, 0.1) is 11.8 Å². The van der Waals surface area contributed by atoms with Gasteiger partial charge in [0.2, 0.25) is 0 Å². The molecule has 0 saturated heterocycles. The van der Waals surface area contributed by atoms with Crippen LogP contribution in [-0.2, 0) is 65.4 Å². The minimum atomic E-state index is -4.95. The summed E-state index contributed by atoms with van der Waals surface area (Å²) in [5, 5.41) is 10.6. The molecule has 19 heteroatoms. The number of rotatable bonds is 68. The summed E-state index contributed by atoms with van der Waals surface area (Å²) < 4.78 is 68.1. The minimum absolute atomic E-state index is 0.103. The predicted molar refractivity (Wildman–Crippen MR) is 354 cm³/mol. The van der Waals surface area contributed by atoms with Gasteiger partial charge in [-0.25, -0.2) is 9.13 Å². The van der Waals surface area contributed by atoms with Crippen molar-refractivity contribution < 1.29 is 80.2 Å². The maximum absolute atomic E-state index is 13.0. The van der Waals surface area contributed by atoms with Gasteiger partial charge in [0.05, 0.1) is 26.4 Å². The molecule has 0 aliphatic carbocycles. The molecule has 0 aliphatic heterocycles. The summed E-state index contributed by atoms with van der Waals surface area (Å²) in [6.45, 7) is 9.47. The van der Waals surface area contributed by atoms with Crippen LogP contribution in [0.2, 0.25) is 0 Å². The number of esters is 4. The molecule has 0 aromatic rings. The summed E-state index contributed by atoms with van der Waals surface area (Å²) in [6, 6.07) is 0. The quantitative estimate of drug-likeness (QED) is 0.0222. The molecule has 0 rings (SSSR count). The standard InChI is InChI=1S/C69H134O17P2/c1-7-9-11-13-15-17-24-28-34-40-46-52-67(72)80-58-64(85-68(73)53-47-41-35-29-26-23-21-19-18-20-22-25-27-31-37-43-49-61(3)4)59-83-87(75,76)81-55-63(70)56-82-88(77,78)84-60-65(57-79-66(71)51-45-39-33-16-14-12-10-8-2)86-69(74)54-48-42-36-30-32-38-44-50-62(5)6/h61-65,70H,7-60H2,1-6H3,(H,75,76)(H,77,78)/t63-,64-,65-/m1/s1. The Bertz CT molecular complexity index is 1720. The van der Waals surface area contributed by atoms with Crippen molar-refractivity contribution in [3.63, 3.8) is 0 Å². The van der Waals surface area contributed by atoms with Gasteiger partial charge in [-0.1, -0.05) is 298 Å². The maximum atomic E-state index is 13.0. The van der Waals surface area contributed by atoms with Gasteiger partial charge in [-0.05, 0) is 37.5 Å². The highest BCUT2D eigenvalue weighted by Crippen LogP contribution is 2.45. The molecule has 0 fully saturated rings. The second-order valence-electron chi connectivity index (χ2n) is 25.9. The lowest BCUT2D eigenvalue weighted by atomic mass is 10.0. The number of aliphatic hydroxyl groups is 1. The second kappa shape index (κ2) is 61.3. The van der Waals surface area contributed by atoms with Crippen LogP contribution < -0.4 is 0 Å². The summed E-state index contributed by atoms with van der Waals surface area (Å²) in [7, 11) is -9.89. The van der Waals surface area contributed by atoms with Gasteiger partial charge in [0.25, 0.3) is 0 Å². The topological polar surface area (TPSA) is 237 Å². The molecule has 0 amide bonds. The molecule has 0 aliphatic rings. The van der Waals surface area contributed by atoms with Gasteiger partial charge in [-0.3, -0.25) is 37.3 Å². The third-order valence-electron chi connectivity index (χ3n) is 16.0. The first-order valence-corrected chi connectivity index (χ1v) is 39.0. The lowest BCUT2D eigenvalue weighted by molar-refractivity contribution is -0.161. The van der Waals surface area contributed by atoms with Crippen LogP contribution in [0.5, 0.6) is 0 Å². The van der Waals surface area contributed by atoms with E-state index in [0.29, 0.717) is 31.6 Å². The molecule has 2 unspecified atom stereocenters. The number of hydrogen-bond donors (Lipinski definition) is 3. The van der Waals surface area contributed by atoms with Gasteiger partial charge in [-0.2, -0.15) is 0 Å². The van der Waals surface area contributed by atoms with Gasteiger partial charge in [0.15, 0.2) is 12.2 Å². The number of unbranched alkanes of at least 4 members (excludes halogenated alkanes) is 38. The number of phosphoric acid groups is 2.